The highest BCUT2D eigenvalue weighted by atomic mass is 16.5. The summed E-state index contributed by atoms with van der Waals surface area (Å²) in [5.74, 6) is 0.856. The van der Waals surface area contributed by atoms with E-state index in [1.807, 2.05) is 30.9 Å². The van der Waals surface area contributed by atoms with Gasteiger partial charge in [-0.3, -0.25) is 4.79 Å². The van der Waals surface area contributed by atoms with Gasteiger partial charge < -0.3 is 15.4 Å². The molecule has 0 aliphatic carbocycles. The van der Waals surface area contributed by atoms with Crippen molar-refractivity contribution < 1.29 is 9.53 Å². The molecule has 1 aromatic carbocycles. The maximum atomic E-state index is 12.0. The summed E-state index contributed by atoms with van der Waals surface area (Å²) in [7, 11) is 0. The first kappa shape index (κ1) is 13.7. The number of benzene rings is 1. The smallest absolute Gasteiger partial charge is 0.260 e. The number of hydrogen-bond donors (Lipinski definition) is 1. The molecular weight excluding hydrogens is 240 g/mol. The van der Waals surface area contributed by atoms with Crippen molar-refractivity contribution in [2.24, 2.45) is 0 Å². The molecule has 1 saturated heterocycles. The number of carbonyl (C=O) groups is 1. The summed E-state index contributed by atoms with van der Waals surface area (Å²) >= 11 is 0. The minimum absolute atomic E-state index is 0.0790. The van der Waals surface area contributed by atoms with E-state index >= 15 is 0 Å². The monoisotopic (exact) mass is 262 g/mol. The van der Waals surface area contributed by atoms with Crippen LogP contribution in [0.4, 0.5) is 5.69 Å². The average Bonchev–Trinajstić information content (AvgIpc) is 2.38. The number of nitrogens with zero attached hydrogens (tertiary/aromatic N) is 1. The number of nitrogens with two attached hydrogens (primary N) is 1. The summed E-state index contributed by atoms with van der Waals surface area (Å²) < 4.78 is 5.69. The minimum atomic E-state index is 0.0790. The van der Waals surface area contributed by atoms with Gasteiger partial charge in [0.15, 0.2) is 6.61 Å². The number of rotatable bonds is 3. The summed E-state index contributed by atoms with van der Waals surface area (Å²) in [6.45, 7) is 5.74. The van der Waals surface area contributed by atoms with Crippen LogP contribution < -0.4 is 10.5 Å². The topological polar surface area (TPSA) is 55.6 Å². The second kappa shape index (κ2) is 5.95. The zero-order valence-electron chi connectivity index (χ0n) is 11.7. The summed E-state index contributed by atoms with van der Waals surface area (Å²) in [4.78, 5) is 13.9. The van der Waals surface area contributed by atoms with Crippen molar-refractivity contribution in [1.29, 1.82) is 0 Å². The molecular formula is C15H22N2O2. The van der Waals surface area contributed by atoms with Crippen LogP contribution in [0, 0.1) is 13.8 Å². The van der Waals surface area contributed by atoms with Crippen molar-refractivity contribution in [1.82, 2.24) is 4.90 Å². The Bertz CT molecular complexity index is 442. The molecule has 1 aliphatic rings. The second-order valence-corrected chi connectivity index (χ2v) is 5.21. The van der Waals surface area contributed by atoms with Gasteiger partial charge in [-0.25, -0.2) is 0 Å². The number of ether oxygens (including phenoxy) is 1. The van der Waals surface area contributed by atoms with Crippen LogP contribution in [0.3, 0.4) is 0 Å². The lowest BCUT2D eigenvalue weighted by atomic mass is 10.1. The second-order valence-electron chi connectivity index (χ2n) is 5.21. The molecule has 2 N–H and O–H groups in total. The van der Waals surface area contributed by atoms with Crippen LogP contribution in [-0.2, 0) is 4.79 Å². The Hall–Kier alpha value is -1.71. The highest BCUT2D eigenvalue weighted by molar-refractivity contribution is 5.78. The van der Waals surface area contributed by atoms with Gasteiger partial charge in [-0.1, -0.05) is 0 Å². The van der Waals surface area contributed by atoms with Crippen LogP contribution in [0.25, 0.3) is 0 Å². The van der Waals surface area contributed by atoms with E-state index in [2.05, 4.69) is 0 Å². The van der Waals surface area contributed by atoms with E-state index in [-0.39, 0.29) is 12.5 Å². The number of piperidine rings is 1. The fourth-order valence-corrected chi connectivity index (χ4v) is 2.58. The van der Waals surface area contributed by atoms with E-state index in [9.17, 15) is 4.79 Å². The number of likely N-dealkylation sites (tertiary alicyclic amines) is 1. The van der Waals surface area contributed by atoms with Crippen LogP contribution in [0.2, 0.25) is 0 Å². The Balaban J connectivity index is 1.96. The lowest BCUT2D eigenvalue weighted by molar-refractivity contribution is -0.134. The quantitative estimate of drug-likeness (QED) is 0.850. The summed E-state index contributed by atoms with van der Waals surface area (Å²) in [6.07, 6.45) is 3.43. The first-order valence-corrected chi connectivity index (χ1v) is 6.85. The number of carbonyl (C=O) groups excluding carboxylic acids is 1. The van der Waals surface area contributed by atoms with Crippen LogP contribution >= 0.6 is 0 Å². The standard InChI is InChI=1S/C15H22N2O2/c1-11-8-13(16)9-12(2)15(11)19-10-14(18)17-6-4-3-5-7-17/h8-9H,3-7,10,16H2,1-2H3. The zero-order chi connectivity index (χ0) is 13.8. The molecule has 1 fully saturated rings. The Morgan fingerprint density at radius 1 is 1.21 bits per heavy atom. The molecule has 1 heterocycles. The molecule has 0 saturated carbocycles. The number of hydrogen-bond acceptors (Lipinski definition) is 3. The summed E-state index contributed by atoms with van der Waals surface area (Å²) in [5, 5.41) is 0. The van der Waals surface area contributed by atoms with Crippen molar-refractivity contribution in [2.45, 2.75) is 33.1 Å². The fraction of sp³-hybridized carbons (Fsp3) is 0.533. The normalized spacial score (nSPS) is 15.4. The molecule has 104 valence electrons. The predicted octanol–water partition coefficient (Wildman–Crippen LogP) is 2.28. The van der Waals surface area contributed by atoms with E-state index in [0.717, 1.165) is 48.5 Å². The zero-order valence-corrected chi connectivity index (χ0v) is 11.7. The van der Waals surface area contributed by atoms with Gasteiger partial charge in [0.2, 0.25) is 0 Å². The first-order valence-electron chi connectivity index (χ1n) is 6.85. The predicted molar refractivity (Wildman–Crippen MR) is 76.3 cm³/mol. The molecule has 0 aromatic heterocycles. The van der Waals surface area contributed by atoms with Gasteiger partial charge in [-0.15, -0.1) is 0 Å². The van der Waals surface area contributed by atoms with E-state index < -0.39 is 0 Å². The van der Waals surface area contributed by atoms with Crippen molar-refractivity contribution in [3.8, 4) is 5.75 Å². The van der Waals surface area contributed by atoms with E-state index in [4.69, 9.17) is 10.5 Å². The Kier molecular flexibility index (Phi) is 4.30. The lowest BCUT2D eigenvalue weighted by Crippen LogP contribution is -2.38. The van der Waals surface area contributed by atoms with Gasteiger partial charge in [-0.2, -0.15) is 0 Å². The Labute approximate surface area is 114 Å². The highest BCUT2D eigenvalue weighted by Crippen LogP contribution is 2.25. The van der Waals surface area contributed by atoms with E-state index in [1.165, 1.54) is 6.42 Å². The van der Waals surface area contributed by atoms with Crippen LogP contribution in [0.15, 0.2) is 12.1 Å². The molecule has 4 nitrogen and oxygen atoms in total. The third-order valence-electron chi connectivity index (χ3n) is 3.53. The third kappa shape index (κ3) is 3.40. The molecule has 4 heteroatoms. The molecule has 0 bridgehead atoms. The number of amides is 1. The van der Waals surface area contributed by atoms with Crippen molar-refractivity contribution in [2.75, 3.05) is 25.4 Å². The average molecular weight is 262 g/mol. The number of nitrogen functional groups attached to an aromatic ring is 1. The SMILES string of the molecule is Cc1cc(N)cc(C)c1OCC(=O)N1CCCCC1. The van der Waals surface area contributed by atoms with Crippen LogP contribution in [-0.4, -0.2) is 30.5 Å². The summed E-state index contributed by atoms with van der Waals surface area (Å²) in [6, 6.07) is 3.74. The largest absolute Gasteiger partial charge is 0.483 e. The highest BCUT2D eigenvalue weighted by Gasteiger charge is 2.17. The summed E-state index contributed by atoms with van der Waals surface area (Å²) in [5.41, 5.74) is 8.45. The molecule has 0 radical (unpaired) electrons. The van der Waals surface area contributed by atoms with Gasteiger partial charge >= 0.3 is 0 Å². The Morgan fingerprint density at radius 3 is 2.37 bits per heavy atom. The van der Waals surface area contributed by atoms with Gasteiger partial charge in [-0.05, 0) is 56.4 Å². The maximum absolute atomic E-state index is 12.0. The molecule has 0 atom stereocenters. The lowest BCUT2D eigenvalue weighted by Gasteiger charge is -2.26. The Morgan fingerprint density at radius 2 is 1.79 bits per heavy atom. The molecule has 2 rings (SSSR count). The van der Waals surface area contributed by atoms with Crippen molar-refractivity contribution in [3.63, 3.8) is 0 Å². The van der Waals surface area contributed by atoms with E-state index in [0.29, 0.717) is 0 Å². The molecule has 0 unspecified atom stereocenters. The van der Waals surface area contributed by atoms with Crippen molar-refractivity contribution in [3.05, 3.63) is 23.3 Å². The van der Waals surface area contributed by atoms with Gasteiger partial charge in [0.25, 0.3) is 5.91 Å². The molecule has 1 amide bonds. The van der Waals surface area contributed by atoms with Crippen LogP contribution in [0.1, 0.15) is 30.4 Å². The first-order chi connectivity index (χ1) is 9.08. The van der Waals surface area contributed by atoms with Gasteiger partial charge in [0.05, 0.1) is 0 Å². The third-order valence-corrected chi connectivity index (χ3v) is 3.53. The fourth-order valence-electron chi connectivity index (χ4n) is 2.58. The van der Waals surface area contributed by atoms with Gasteiger partial charge in [0, 0.05) is 18.8 Å². The molecule has 1 aromatic rings. The molecule has 0 spiro atoms. The number of anilines is 1. The minimum Gasteiger partial charge on any atom is -0.483 e. The molecule has 19 heavy (non-hydrogen) atoms. The van der Waals surface area contributed by atoms with E-state index in [1.54, 1.807) is 0 Å². The number of aryl methyl sites for hydroxylation is 2. The van der Waals surface area contributed by atoms with Crippen LogP contribution in [0.5, 0.6) is 5.75 Å². The van der Waals surface area contributed by atoms with Gasteiger partial charge in [0.1, 0.15) is 5.75 Å². The molecule has 1 aliphatic heterocycles. The maximum Gasteiger partial charge on any atom is 0.260 e. The van der Waals surface area contributed by atoms with Crippen molar-refractivity contribution >= 4 is 11.6 Å².